The lowest BCUT2D eigenvalue weighted by molar-refractivity contribution is 0.0479. The van der Waals surface area contributed by atoms with E-state index < -0.39 is 11.9 Å². The average molecular weight is 577 g/mol. The fourth-order valence-corrected chi connectivity index (χ4v) is 5.39. The molecule has 0 spiro atoms. The van der Waals surface area contributed by atoms with Crippen LogP contribution in [0.4, 0.5) is 26.4 Å². The highest BCUT2D eigenvalue weighted by atomic mass is 19.1. The first kappa shape index (κ1) is 29.6. The van der Waals surface area contributed by atoms with Crippen LogP contribution in [0, 0.1) is 18.2 Å². The van der Waals surface area contributed by atoms with Gasteiger partial charge in [-0.25, -0.2) is 9.18 Å². The third-order valence-electron chi connectivity index (χ3n) is 7.99. The molecule has 0 saturated carbocycles. The van der Waals surface area contributed by atoms with Crippen molar-refractivity contribution >= 4 is 29.2 Å². The Hall–Kier alpha value is -3.92. The van der Waals surface area contributed by atoms with Gasteiger partial charge >= 0.3 is 6.09 Å². The summed E-state index contributed by atoms with van der Waals surface area (Å²) < 4.78 is 22.5. The number of halogens is 1. The molecule has 0 aliphatic carbocycles. The topological polar surface area (TPSA) is 91.7 Å². The standard InChI is InChI=1S/C32H41FN6O3/c1-21-6-9-28-27(16-21)36-29-24(19-35-37(29)5)20-39(28)30(40)22-7-8-23(26(33)17-22)18-34-31(41)42-25-10-13-38(14-11-25)15-12-32(2,3)4/h6-9,16-17,19,25,36H,10-15,18,20H2,1-5H3,(H,34,41). The second-order valence-electron chi connectivity index (χ2n) is 12.6. The minimum atomic E-state index is -0.563. The lowest BCUT2D eigenvalue weighted by Crippen LogP contribution is -2.40. The molecule has 1 fully saturated rings. The first-order valence-electron chi connectivity index (χ1n) is 14.6. The Labute approximate surface area is 247 Å². The van der Waals surface area contributed by atoms with E-state index in [9.17, 15) is 9.59 Å². The van der Waals surface area contributed by atoms with Crippen molar-refractivity contribution < 1.29 is 18.7 Å². The molecule has 42 heavy (non-hydrogen) atoms. The Morgan fingerprint density at radius 3 is 2.62 bits per heavy atom. The van der Waals surface area contributed by atoms with Crippen molar-refractivity contribution in [1.29, 1.82) is 0 Å². The fourth-order valence-electron chi connectivity index (χ4n) is 5.39. The van der Waals surface area contributed by atoms with Crippen molar-refractivity contribution in [3.63, 3.8) is 0 Å². The fraction of sp³-hybridized carbons (Fsp3) is 0.469. The number of aryl methyl sites for hydroxylation is 2. The number of hydrogen-bond donors (Lipinski definition) is 2. The first-order valence-corrected chi connectivity index (χ1v) is 14.6. The van der Waals surface area contributed by atoms with Gasteiger partial charge in [0.1, 0.15) is 17.7 Å². The quantitative estimate of drug-likeness (QED) is 0.380. The molecule has 2 aliphatic rings. The molecular formula is C32H41FN6O3. The number of amides is 2. The maximum atomic E-state index is 15.2. The number of ether oxygens (including phenoxy) is 1. The van der Waals surface area contributed by atoms with Gasteiger partial charge in [0.25, 0.3) is 5.91 Å². The maximum absolute atomic E-state index is 15.2. The van der Waals surface area contributed by atoms with E-state index in [1.54, 1.807) is 21.8 Å². The number of rotatable bonds is 6. The molecule has 2 amide bonds. The molecule has 5 rings (SSSR count). The van der Waals surface area contributed by atoms with Gasteiger partial charge in [-0.15, -0.1) is 0 Å². The van der Waals surface area contributed by atoms with E-state index in [2.05, 4.69) is 41.4 Å². The SMILES string of the molecule is Cc1ccc2c(c1)Nc1c(cnn1C)CN2C(=O)c1ccc(CNC(=O)OC2CCN(CCC(C)(C)C)CC2)c(F)c1. The molecule has 0 atom stereocenters. The number of likely N-dealkylation sites (tertiary alicyclic amines) is 1. The predicted molar refractivity (Wildman–Crippen MR) is 161 cm³/mol. The van der Waals surface area contributed by atoms with Crippen molar-refractivity contribution in [2.75, 3.05) is 29.9 Å². The van der Waals surface area contributed by atoms with E-state index in [4.69, 9.17) is 4.74 Å². The molecular weight excluding hydrogens is 535 g/mol. The largest absolute Gasteiger partial charge is 0.446 e. The summed E-state index contributed by atoms with van der Waals surface area (Å²) in [6.07, 6.45) is 3.74. The van der Waals surface area contributed by atoms with Gasteiger partial charge in [-0.2, -0.15) is 5.10 Å². The summed E-state index contributed by atoms with van der Waals surface area (Å²) in [4.78, 5) is 30.2. The maximum Gasteiger partial charge on any atom is 0.407 e. The van der Waals surface area contributed by atoms with Crippen LogP contribution in [0.1, 0.15) is 67.1 Å². The minimum absolute atomic E-state index is 0.0294. The lowest BCUT2D eigenvalue weighted by atomic mass is 9.91. The number of anilines is 3. The predicted octanol–water partition coefficient (Wildman–Crippen LogP) is 5.90. The molecule has 0 bridgehead atoms. The van der Waals surface area contributed by atoms with Crippen molar-refractivity contribution in [3.8, 4) is 0 Å². The van der Waals surface area contributed by atoms with Crippen LogP contribution in [0.3, 0.4) is 0 Å². The average Bonchev–Trinajstić information content (AvgIpc) is 3.19. The van der Waals surface area contributed by atoms with Crippen molar-refractivity contribution in [2.45, 2.75) is 66.2 Å². The number of carbonyl (C=O) groups excluding carboxylic acids is 2. The van der Waals surface area contributed by atoms with Crippen LogP contribution in [0.2, 0.25) is 0 Å². The highest BCUT2D eigenvalue weighted by Crippen LogP contribution is 2.37. The second-order valence-corrected chi connectivity index (χ2v) is 12.6. The van der Waals surface area contributed by atoms with E-state index in [1.165, 1.54) is 12.1 Å². The summed E-state index contributed by atoms with van der Waals surface area (Å²) in [5.74, 6) is -0.0829. The van der Waals surface area contributed by atoms with Crippen LogP contribution in [-0.4, -0.2) is 52.4 Å². The molecule has 0 radical (unpaired) electrons. The second kappa shape index (κ2) is 12.1. The molecule has 2 N–H and O–H groups in total. The normalized spacial score (nSPS) is 15.8. The number of hydrogen-bond acceptors (Lipinski definition) is 6. The number of nitrogens with zero attached hydrogens (tertiary/aromatic N) is 4. The zero-order valence-electron chi connectivity index (χ0n) is 25.2. The van der Waals surface area contributed by atoms with E-state index >= 15 is 4.39 Å². The number of carbonyl (C=O) groups is 2. The summed E-state index contributed by atoms with van der Waals surface area (Å²) in [5.41, 5.74) is 4.18. The van der Waals surface area contributed by atoms with Crippen LogP contribution in [-0.2, 0) is 24.9 Å². The van der Waals surface area contributed by atoms with Crippen molar-refractivity contribution in [2.24, 2.45) is 12.5 Å². The van der Waals surface area contributed by atoms with Gasteiger partial charge in [0, 0.05) is 43.4 Å². The summed E-state index contributed by atoms with van der Waals surface area (Å²) in [7, 11) is 1.84. The molecule has 10 heteroatoms. The number of piperidine rings is 1. The molecule has 224 valence electrons. The van der Waals surface area contributed by atoms with Crippen LogP contribution in [0.5, 0.6) is 0 Å². The third kappa shape index (κ3) is 6.92. The molecule has 9 nitrogen and oxygen atoms in total. The monoisotopic (exact) mass is 576 g/mol. The molecule has 1 saturated heterocycles. The Morgan fingerprint density at radius 1 is 1.14 bits per heavy atom. The molecule has 0 unspecified atom stereocenters. The van der Waals surface area contributed by atoms with E-state index in [-0.39, 0.29) is 36.2 Å². The molecule has 1 aromatic heterocycles. The molecule has 3 aromatic rings. The number of aromatic nitrogens is 2. The van der Waals surface area contributed by atoms with Gasteiger partial charge in [0.2, 0.25) is 0 Å². The Balaban J connectivity index is 1.19. The molecule has 3 heterocycles. The lowest BCUT2D eigenvalue weighted by Gasteiger charge is -2.33. The van der Waals surface area contributed by atoms with Gasteiger partial charge in [0.05, 0.1) is 24.1 Å². The van der Waals surface area contributed by atoms with Gasteiger partial charge < -0.3 is 25.2 Å². The molecule has 2 aliphatic heterocycles. The number of alkyl carbamates (subject to hydrolysis) is 1. The van der Waals surface area contributed by atoms with Crippen LogP contribution >= 0.6 is 0 Å². The highest BCUT2D eigenvalue weighted by Gasteiger charge is 2.28. The van der Waals surface area contributed by atoms with Crippen molar-refractivity contribution in [3.05, 3.63) is 70.7 Å². The zero-order valence-corrected chi connectivity index (χ0v) is 25.2. The Morgan fingerprint density at radius 2 is 1.90 bits per heavy atom. The zero-order chi connectivity index (χ0) is 30.0. The number of benzene rings is 2. The van der Waals surface area contributed by atoms with Gasteiger partial charge in [0.15, 0.2) is 0 Å². The van der Waals surface area contributed by atoms with Crippen LogP contribution in [0.15, 0.2) is 42.6 Å². The number of nitrogens with one attached hydrogen (secondary N) is 2. The van der Waals surface area contributed by atoms with Gasteiger partial charge in [-0.05, 0) is 68.0 Å². The highest BCUT2D eigenvalue weighted by molar-refractivity contribution is 6.08. The first-order chi connectivity index (χ1) is 20.0. The van der Waals surface area contributed by atoms with Gasteiger partial charge in [-0.3, -0.25) is 9.48 Å². The van der Waals surface area contributed by atoms with E-state index in [1.807, 2.05) is 32.2 Å². The summed E-state index contributed by atoms with van der Waals surface area (Å²) in [6.45, 7) is 11.8. The number of fused-ring (bicyclic) bond motifs is 2. The van der Waals surface area contributed by atoms with Crippen LogP contribution in [0.25, 0.3) is 0 Å². The Kier molecular flexibility index (Phi) is 8.54. The smallest absolute Gasteiger partial charge is 0.407 e. The summed E-state index contributed by atoms with van der Waals surface area (Å²) in [6, 6.07) is 10.2. The van der Waals surface area contributed by atoms with Crippen LogP contribution < -0.4 is 15.5 Å². The molecule has 2 aromatic carbocycles. The van der Waals surface area contributed by atoms with Crippen molar-refractivity contribution in [1.82, 2.24) is 20.0 Å². The summed E-state index contributed by atoms with van der Waals surface area (Å²) in [5, 5.41) is 10.4. The van der Waals surface area contributed by atoms with Gasteiger partial charge in [-0.1, -0.05) is 32.9 Å². The minimum Gasteiger partial charge on any atom is -0.446 e. The summed E-state index contributed by atoms with van der Waals surface area (Å²) >= 11 is 0. The van der Waals surface area contributed by atoms with E-state index in [0.29, 0.717) is 11.1 Å². The van der Waals surface area contributed by atoms with E-state index in [0.717, 1.165) is 61.5 Å². The Bertz CT molecular complexity index is 1450. The third-order valence-corrected chi connectivity index (χ3v) is 7.99.